The maximum absolute atomic E-state index is 12.0. The zero-order valence-corrected chi connectivity index (χ0v) is 8.16. The minimum absolute atomic E-state index is 0.419. The summed E-state index contributed by atoms with van der Waals surface area (Å²) in [5, 5.41) is 10.6. The van der Waals surface area contributed by atoms with Gasteiger partial charge in [0.05, 0.1) is 12.6 Å². The summed E-state index contributed by atoms with van der Waals surface area (Å²) < 4.78 is 35.9. The molecule has 0 heterocycles. The lowest BCUT2D eigenvalue weighted by Crippen LogP contribution is -2.40. The second-order valence-corrected chi connectivity index (χ2v) is 3.12. The van der Waals surface area contributed by atoms with Gasteiger partial charge in [-0.05, 0) is 5.56 Å². The Bertz CT molecular complexity index is 351. The Kier molecular flexibility index (Phi) is 3.89. The number of aliphatic hydroxyl groups is 1. The molecule has 0 aliphatic carbocycles. The Morgan fingerprint density at radius 2 is 1.88 bits per heavy atom. The van der Waals surface area contributed by atoms with Gasteiger partial charge < -0.3 is 10.4 Å². The summed E-state index contributed by atoms with van der Waals surface area (Å²) in [7, 11) is 0. The quantitative estimate of drug-likeness (QED) is 0.829. The molecule has 0 fully saturated rings. The van der Waals surface area contributed by atoms with Gasteiger partial charge in [-0.2, -0.15) is 13.2 Å². The average molecular weight is 233 g/mol. The molecule has 0 radical (unpaired) electrons. The van der Waals surface area contributed by atoms with Crippen molar-refractivity contribution >= 4 is 5.91 Å². The van der Waals surface area contributed by atoms with Gasteiger partial charge in [-0.1, -0.05) is 30.3 Å². The van der Waals surface area contributed by atoms with Crippen LogP contribution in [0.1, 0.15) is 11.6 Å². The normalized spacial score (nSPS) is 13.2. The van der Waals surface area contributed by atoms with Gasteiger partial charge in [-0.15, -0.1) is 0 Å². The molecule has 16 heavy (non-hydrogen) atoms. The van der Waals surface area contributed by atoms with Crippen molar-refractivity contribution in [1.82, 2.24) is 5.32 Å². The molecule has 0 spiro atoms. The standard InChI is InChI=1S/C10H10F3NO2/c11-10(12,13)9(16)14-8(6-15)7-4-2-1-3-5-7/h1-5,8,15H,6H2,(H,14,16). The van der Waals surface area contributed by atoms with Gasteiger partial charge >= 0.3 is 12.1 Å². The topological polar surface area (TPSA) is 49.3 Å². The minimum Gasteiger partial charge on any atom is -0.394 e. The van der Waals surface area contributed by atoms with Gasteiger partial charge in [0.1, 0.15) is 0 Å². The first-order valence-corrected chi connectivity index (χ1v) is 4.48. The van der Waals surface area contributed by atoms with E-state index in [1.807, 2.05) is 0 Å². The van der Waals surface area contributed by atoms with Crippen LogP contribution in [0.3, 0.4) is 0 Å². The molecule has 0 aliphatic heterocycles. The van der Waals surface area contributed by atoms with Crippen molar-refractivity contribution in [3.63, 3.8) is 0 Å². The fourth-order valence-electron chi connectivity index (χ4n) is 1.16. The number of rotatable bonds is 3. The minimum atomic E-state index is -4.94. The Hall–Kier alpha value is -1.56. The van der Waals surface area contributed by atoms with Crippen LogP contribution in [0.4, 0.5) is 13.2 Å². The van der Waals surface area contributed by atoms with Crippen LogP contribution in [0.15, 0.2) is 30.3 Å². The maximum Gasteiger partial charge on any atom is 0.471 e. The van der Waals surface area contributed by atoms with E-state index in [0.29, 0.717) is 5.56 Å². The van der Waals surface area contributed by atoms with Crippen LogP contribution in [0.25, 0.3) is 0 Å². The maximum atomic E-state index is 12.0. The third-order valence-corrected chi connectivity index (χ3v) is 1.95. The molecule has 1 aromatic rings. The number of carbonyl (C=O) groups excluding carboxylic acids is 1. The number of hydrogen-bond donors (Lipinski definition) is 2. The molecule has 3 nitrogen and oxygen atoms in total. The number of benzene rings is 1. The highest BCUT2D eigenvalue weighted by Crippen LogP contribution is 2.18. The molecule has 1 amide bonds. The largest absolute Gasteiger partial charge is 0.471 e. The highest BCUT2D eigenvalue weighted by Gasteiger charge is 2.39. The third kappa shape index (κ3) is 3.23. The summed E-state index contributed by atoms with van der Waals surface area (Å²) in [6.45, 7) is -0.591. The Labute approximate surface area is 89.9 Å². The lowest BCUT2D eigenvalue weighted by atomic mass is 10.1. The summed E-state index contributed by atoms with van der Waals surface area (Å²) in [6, 6.07) is 6.91. The fraction of sp³-hybridized carbons (Fsp3) is 0.300. The van der Waals surface area contributed by atoms with E-state index >= 15 is 0 Å². The van der Waals surface area contributed by atoms with Gasteiger partial charge in [0, 0.05) is 0 Å². The third-order valence-electron chi connectivity index (χ3n) is 1.95. The van der Waals surface area contributed by atoms with Gasteiger partial charge in [0.2, 0.25) is 0 Å². The van der Waals surface area contributed by atoms with Crippen LogP contribution in [-0.4, -0.2) is 23.8 Å². The van der Waals surface area contributed by atoms with E-state index in [1.165, 1.54) is 12.1 Å². The number of alkyl halides is 3. The fourth-order valence-corrected chi connectivity index (χ4v) is 1.16. The van der Waals surface area contributed by atoms with Crippen LogP contribution in [0, 0.1) is 0 Å². The summed E-state index contributed by atoms with van der Waals surface area (Å²) in [5.74, 6) is -2.06. The Balaban J connectivity index is 2.75. The zero-order valence-electron chi connectivity index (χ0n) is 8.16. The van der Waals surface area contributed by atoms with Crippen molar-refractivity contribution in [3.8, 4) is 0 Å². The van der Waals surface area contributed by atoms with Crippen LogP contribution in [-0.2, 0) is 4.79 Å². The lowest BCUT2D eigenvalue weighted by molar-refractivity contribution is -0.174. The van der Waals surface area contributed by atoms with Crippen molar-refractivity contribution in [2.45, 2.75) is 12.2 Å². The highest BCUT2D eigenvalue weighted by molar-refractivity contribution is 5.82. The van der Waals surface area contributed by atoms with Crippen molar-refractivity contribution < 1.29 is 23.1 Å². The lowest BCUT2D eigenvalue weighted by Gasteiger charge is -2.17. The van der Waals surface area contributed by atoms with Crippen LogP contribution < -0.4 is 5.32 Å². The Morgan fingerprint density at radius 1 is 1.31 bits per heavy atom. The molecule has 0 bridgehead atoms. The smallest absolute Gasteiger partial charge is 0.394 e. The molecule has 1 rings (SSSR count). The van der Waals surface area contributed by atoms with Gasteiger partial charge in [-0.25, -0.2) is 0 Å². The number of carbonyl (C=O) groups is 1. The summed E-state index contributed by atoms with van der Waals surface area (Å²) in [5.41, 5.74) is 0.419. The van der Waals surface area contributed by atoms with E-state index in [9.17, 15) is 18.0 Å². The second kappa shape index (κ2) is 4.98. The molecule has 88 valence electrons. The van der Waals surface area contributed by atoms with Crippen molar-refractivity contribution in [2.75, 3.05) is 6.61 Å². The van der Waals surface area contributed by atoms with Gasteiger partial charge in [-0.3, -0.25) is 4.79 Å². The van der Waals surface area contributed by atoms with Crippen LogP contribution >= 0.6 is 0 Å². The van der Waals surface area contributed by atoms with Crippen LogP contribution in [0.5, 0.6) is 0 Å². The first-order valence-electron chi connectivity index (χ1n) is 4.48. The molecule has 0 aromatic heterocycles. The SMILES string of the molecule is O=C(NC(CO)c1ccccc1)C(F)(F)F. The van der Waals surface area contributed by atoms with Crippen molar-refractivity contribution in [2.24, 2.45) is 0 Å². The van der Waals surface area contributed by atoms with Crippen molar-refractivity contribution in [3.05, 3.63) is 35.9 Å². The van der Waals surface area contributed by atoms with Gasteiger partial charge in [0.25, 0.3) is 0 Å². The van der Waals surface area contributed by atoms with E-state index in [0.717, 1.165) is 0 Å². The molecule has 1 aromatic carbocycles. The molecule has 1 atom stereocenters. The number of nitrogens with one attached hydrogen (secondary N) is 1. The monoisotopic (exact) mass is 233 g/mol. The van der Waals surface area contributed by atoms with Gasteiger partial charge in [0.15, 0.2) is 0 Å². The molecule has 0 aliphatic rings. The summed E-state index contributed by atoms with van der Waals surface area (Å²) in [4.78, 5) is 10.7. The van der Waals surface area contributed by atoms with Crippen LogP contribution in [0.2, 0.25) is 0 Å². The highest BCUT2D eigenvalue weighted by atomic mass is 19.4. The number of hydrogen-bond acceptors (Lipinski definition) is 2. The second-order valence-electron chi connectivity index (χ2n) is 3.12. The molecule has 0 saturated heterocycles. The van der Waals surface area contributed by atoms with Crippen molar-refractivity contribution in [1.29, 1.82) is 0 Å². The van der Waals surface area contributed by atoms with E-state index < -0.39 is 24.7 Å². The molecule has 1 unspecified atom stereocenters. The van der Waals surface area contributed by atoms with E-state index in [2.05, 4.69) is 0 Å². The summed E-state index contributed by atoms with van der Waals surface area (Å²) >= 11 is 0. The van der Waals surface area contributed by atoms with E-state index in [4.69, 9.17) is 5.11 Å². The zero-order chi connectivity index (χ0) is 12.2. The number of aliphatic hydroxyl groups excluding tert-OH is 1. The van der Waals surface area contributed by atoms with E-state index in [1.54, 1.807) is 23.5 Å². The molecule has 6 heteroatoms. The first-order chi connectivity index (χ1) is 7.45. The Morgan fingerprint density at radius 3 is 2.31 bits per heavy atom. The van der Waals surface area contributed by atoms with E-state index in [-0.39, 0.29) is 0 Å². The predicted octanol–water partition coefficient (Wildman–Crippen LogP) is 1.40. The summed E-state index contributed by atoms with van der Waals surface area (Å²) in [6.07, 6.45) is -4.94. The number of halogens is 3. The molecular formula is C10H10F3NO2. The molecular weight excluding hydrogens is 223 g/mol. The molecule has 0 saturated carbocycles. The molecule has 2 N–H and O–H groups in total. The predicted molar refractivity (Wildman–Crippen MR) is 50.5 cm³/mol. The average Bonchev–Trinajstić information content (AvgIpc) is 2.25. The first kappa shape index (κ1) is 12.5. The number of amides is 1.